The number of rotatable bonds is 4. The minimum Gasteiger partial charge on any atom is -0.480 e. The SMILES string of the molecule is Cc1nn(C)c(C)c1OCC(=O)N1CC2CCCCC21c1ccccc1. The number of nitrogens with zero attached hydrogens (tertiary/aromatic N) is 3. The number of ether oxygens (including phenoxy) is 1. The van der Waals surface area contributed by atoms with E-state index in [0.717, 1.165) is 30.1 Å². The van der Waals surface area contributed by atoms with Crippen molar-refractivity contribution in [3.05, 3.63) is 47.3 Å². The summed E-state index contributed by atoms with van der Waals surface area (Å²) in [6.45, 7) is 4.81. The first-order valence-electron chi connectivity index (χ1n) is 9.53. The summed E-state index contributed by atoms with van der Waals surface area (Å²) in [5, 5.41) is 4.36. The number of carbonyl (C=O) groups is 1. The van der Waals surface area contributed by atoms with Crippen LogP contribution in [-0.2, 0) is 17.4 Å². The van der Waals surface area contributed by atoms with Gasteiger partial charge in [-0.3, -0.25) is 9.48 Å². The Kier molecular flexibility index (Phi) is 4.25. The highest BCUT2D eigenvalue weighted by Gasteiger charge is 2.56. The monoisotopic (exact) mass is 353 g/mol. The van der Waals surface area contributed by atoms with Gasteiger partial charge in [-0.2, -0.15) is 5.10 Å². The van der Waals surface area contributed by atoms with Gasteiger partial charge in [-0.1, -0.05) is 43.2 Å². The smallest absolute Gasteiger partial charge is 0.261 e. The van der Waals surface area contributed by atoms with Crippen molar-refractivity contribution in [2.24, 2.45) is 13.0 Å². The molecule has 1 saturated carbocycles. The average Bonchev–Trinajstić information content (AvgIpc) is 2.87. The molecule has 0 spiro atoms. The van der Waals surface area contributed by atoms with E-state index in [1.54, 1.807) is 4.68 Å². The minimum absolute atomic E-state index is 0.0781. The molecule has 2 unspecified atom stereocenters. The lowest BCUT2D eigenvalue weighted by molar-refractivity contribution is -0.168. The second-order valence-electron chi connectivity index (χ2n) is 7.65. The molecule has 0 radical (unpaired) electrons. The van der Waals surface area contributed by atoms with Crippen molar-refractivity contribution >= 4 is 5.91 Å². The van der Waals surface area contributed by atoms with Gasteiger partial charge in [-0.05, 0) is 32.3 Å². The number of benzene rings is 1. The second-order valence-corrected chi connectivity index (χ2v) is 7.65. The number of hydrogen-bond donors (Lipinski definition) is 0. The highest BCUT2D eigenvalue weighted by atomic mass is 16.5. The second kappa shape index (κ2) is 6.45. The molecule has 1 aliphatic carbocycles. The average molecular weight is 353 g/mol. The summed E-state index contributed by atoms with van der Waals surface area (Å²) in [6.07, 6.45) is 4.71. The standard InChI is InChI=1S/C21H27N3O2/c1-15-20(16(2)23(3)22-15)26-14-19(25)24-13-18-11-7-8-12-21(18,24)17-9-5-4-6-10-17/h4-6,9-10,18H,7-8,11-14H2,1-3H3. The Labute approximate surface area is 154 Å². The molecule has 2 heterocycles. The Morgan fingerprint density at radius 3 is 2.69 bits per heavy atom. The fraction of sp³-hybridized carbons (Fsp3) is 0.524. The van der Waals surface area contributed by atoms with Gasteiger partial charge in [0, 0.05) is 19.5 Å². The molecular weight excluding hydrogens is 326 g/mol. The minimum atomic E-state index is -0.126. The molecule has 1 saturated heterocycles. The van der Waals surface area contributed by atoms with Crippen LogP contribution < -0.4 is 4.74 Å². The number of aromatic nitrogens is 2. The maximum atomic E-state index is 13.0. The lowest BCUT2D eigenvalue weighted by Crippen LogP contribution is -2.68. The lowest BCUT2D eigenvalue weighted by atomic mass is 9.61. The molecule has 1 amide bonds. The number of amides is 1. The van der Waals surface area contributed by atoms with Crippen molar-refractivity contribution in [3.63, 3.8) is 0 Å². The summed E-state index contributed by atoms with van der Waals surface area (Å²) >= 11 is 0. The van der Waals surface area contributed by atoms with Crippen LogP contribution in [0.4, 0.5) is 0 Å². The Hall–Kier alpha value is -2.30. The van der Waals surface area contributed by atoms with E-state index in [4.69, 9.17) is 4.74 Å². The van der Waals surface area contributed by atoms with Crippen LogP contribution >= 0.6 is 0 Å². The third kappa shape index (κ3) is 2.52. The molecule has 5 heteroatoms. The van der Waals surface area contributed by atoms with Crippen LogP contribution in [0.15, 0.2) is 30.3 Å². The van der Waals surface area contributed by atoms with Crippen LogP contribution in [0.3, 0.4) is 0 Å². The summed E-state index contributed by atoms with van der Waals surface area (Å²) in [7, 11) is 1.89. The van der Waals surface area contributed by atoms with Crippen molar-refractivity contribution in [1.82, 2.24) is 14.7 Å². The molecule has 0 N–H and O–H groups in total. The zero-order valence-electron chi connectivity index (χ0n) is 15.9. The van der Waals surface area contributed by atoms with Crippen molar-refractivity contribution in [1.29, 1.82) is 0 Å². The molecular formula is C21H27N3O2. The molecule has 0 bridgehead atoms. The first kappa shape index (κ1) is 17.1. The Morgan fingerprint density at radius 2 is 2.04 bits per heavy atom. The van der Waals surface area contributed by atoms with E-state index in [2.05, 4.69) is 34.3 Å². The highest BCUT2D eigenvalue weighted by Crippen LogP contribution is 2.53. The van der Waals surface area contributed by atoms with Gasteiger partial charge in [0.05, 0.1) is 11.2 Å². The van der Waals surface area contributed by atoms with Crippen LogP contribution in [0.2, 0.25) is 0 Å². The molecule has 5 nitrogen and oxygen atoms in total. The summed E-state index contributed by atoms with van der Waals surface area (Å²) in [4.78, 5) is 15.1. The molecule has 138 valence electrons. The van der Waals surface area contributed by atoms with Gasteiger partial charge < -0.3 is 9.64 Å². The van der Waals surface area contributed by atoms with Gasteiger partial charge in [0.1, 0.15) is 5.69 Å². The van der Waals surface area contributed by atoms with E-state index in [1.807, 2.05) is 27.0 Å². The quantitative estimate of drug-likeness (QED) is 0.847. The van der Waals surface area contributed by atoms with E-state index in [9.17, 15) is 4.79 Å². The first-order chi connectivity index (χ1) is 12.5. The molecule has 1 aromatic heterocycles. The van der Waals surface area contributed by atoms with E-state index >= 15 is 0 Å². The Morgan fingerprint density at radius 1 is 1.27 bits per heavy atom. The van der Waals surface area contributed by atoms with Gasteiger partial charge in [0.15, 0.2) is 12.4 Å². The highest BCUT2D eigenvalue weighted by molar-refractivity contribution is 5.80. The molecule has 4 rings (SSSR count). The number of likely N-dealkylation sites (tertiary alicyclic amines) is 1. The lowest BCUT2D eigenvalue weighted by Gasteiger charge is -2.61. The van der Waals surface area contributed by atoms with E-state index in [0.29, 0.717) is 5.92 Å². The predicted molar refractivity (Wildman–Crippen MR) is 100.0 cm³/mol. The van der Waals surface area contributed by atoms with Crippen LogP contribution in [0, 0.1) is 19.8 Å². The molecule has 2 aromatic rings. The van der Waals surface area contributed by atoms with Gasteiger partial charge >= 0.3 is 0 Å². The van der Waals surface area contributed by atoms with Crippen LogP contribution in [-0.4, -0.2) is 33.7 Å². The topological polar surface area (TPSA) is 47.4 Å². The third-order valence-corrected chi connectivity index (χ3v) is 6.28. The molecule has 26 heavy (non-hydrogen) atoms. The van der Waals surface area contributed by atoms with E-state index in [-0.39, 0.29) is 18.1 Å². The molecule has 2 aliphatic rings. The third-order valence-electron chi connectivity index (χ3n) is 6.28. The zero-order chi connectivity index (χ0) is 18.3. The van der Waals surface area contributed by atoms with Gasteiger partial charge in [-0.15, -0.1) is 0 Å². The molecule has 1 aromatic carbocycles. The molecule has 2 fully saturated rings. The van der Waals surface area contributed by atoms with Crippen molar-refractivity contribution in [2.75, 3.05) is 13.2 Å². The largest absolute Gasteiger partial charge is 0.480 e. The van der Waals surface area contributed by atoms with Gasteiger partial charge in [0.25, 0.3) is 5.91 Å². The number of carbonyl (C=O) groups excluding carboxylic acids is 1. The Bertz CT molecular complexity index is 814. The summed E-state index contributed by atoms with van der Waals surface area (Å²) < 4.78 is 7.69. The van der Waals surface area contributed by atoms with Crippen molar-refractivity contribution < 1.29 is 9.53 Å². The Balaban J connectivity index is 1.54. The van der Waals surface area contributed by atoms with Crippen molar-refractivity contribution in [2.45, 2.75) is 45.1 Å². The normalized spacial score (nSPS) is 24.7. The molecule has 1 aliphatic heterocycles. The number of aryl methyl sites for hydroxylation is 2. The first-order valence-corrected chi connectivity index (χ1v) is 9.53. The van der Waals surface area contributed by atoms with Crippen molar-refractivity contribution in [3.8, 4) is 5.75 Å². The van der Waals surface area contributed by atoms with E-state index < -0.39 is 0 Å². The number of hydrogen-bond acceptors (Lipinski definition) is 3. The maximum Gasteiger partial charge on any atom is 0.261 e. The fourth-order valence-electron chi connectivity index (χ4n) is 4.86. The van der Waals surface area contributed by atoms with E-state index in [1.165, 1.54) is 24.8 Å². The zero-order valence-corrected chi connectivity index (χ0v) is 15.9. The molecule has 2 atom stereocenters. The van der Waals surface area contributed by atoms with Crippen LogP contribution in [0.25, 0.3) is 0 Å². The fourth-order valence-corrected chi connectivity index (χ4v) is 4.86. The van der Waals surface area contributed by atoms with Crippen LogP contribution in [0.1, 0.15) is 42.6 Å². The van der Waals surface area contributed by atoms with Gasteiger partial charge in [0.2, 0.25) is 0 Å². The summed E-state index contributed by atoms with van der Waals surface area (Å²) in [6, 6.07) is 10.5. The van der Waals surface area contributed by atoms with Gasteiger partial charge in [-0.25, -0.2) is 0 Å². The summed E-state index contributed by atoms with van der Waals surface area (Å²) in [5.74, 6) is 1.38. The predicted octanol–water partition coefficient (Wildman–Crippen LogP) is 3.34. The maximum absolute atomic E-state index is 13.0. The van der Waals surface area contributed by atoms with Crippen LogP contribution in [0.5, 0.6) is 5.75 Å². The number of fused-ring (bicyclic) bond motifs is 1. The summed E-state index contributed by atoms with van der Waals surface area (Å²) in [5.41, 5.74) is 2.93.